The number of hydrogen-bond donors (Lipinski definition) is 1. The lowest BCUT2D eigenvalue weighted by atomic mass is 9.98. The van der Waals surface area contributed by atoms with E-state index in [4.69, 9.17) is 0 Å². The molecule has 3 heteroatoms. The predicted molar refractivity (Wildman–Crippen MR) is 106 cm³/mol. The minimum atomic E-state index is -0.107. The average molecular weight is 342 g/mol. The number of nitrogens with one attached hydrogen (secondary N) is 1. The first-order chi connectivity index (χ1) is 12.6. The van der Waals surface area contributed by atoms with Crippen molar-refractivity contribution in [3.63, 3.8) is 0 Å². The van der Waals surface area contributed by atoms with E-state index < -0.39 is 0 Å². The number of aromatic nitrogens is 1. The zero-order valence-corrected chi connectivity index (χ0v) is 15.0. The number of pyridine rings is 1. The second kappa shape index (κ2) is 8.26. The third-order valence-corrected chi connectivity index (χ3v) is 4.32. The summed E-state index contributed by atoms with van der Waals surface area (Å²) in [7, 11) is 0. The van der Waals surface area contributed by atoms with Gasteiger partial charge in [-0.05, 0) is 54.3 Å². The van der Waals surface area contributed by atoms with Gasteiger partial charge >= 0.3 is 0 Å². The molecule has 1 aromatic heterocycles. The Morgan fingerprint density at radius 1 is 1.08 bits per heavy atom. The van der Waals surface area contributed by atoms with Gasteiger partial charge in [-0.15, -0.1) is 0 Å². The van der Waals surface area contributed by atoms with Gasteiger partial charge in [0.15, 0.2) is 0 Å². The molecule has 0 spiro atoms. The lowest BCUT2D eigenvalue weighted by Crippen LogP contribution is -2.24. The normalized spacial score (nSPS) is 12.1. The Hall–Kier alpha value is -3.20. The fraction of sp³-hybridized carbons (Fsp3) is 0.130. The fourth-order valence-corrected chi connectivity index (χ4v) is 2.82. The van der Waals surface area contributed by atoms with Crippen molar-refractivity contribution >= 4 is 12.0 Å². The predicted octanol–water partition coefficient (Wildman–Crippen LogP) is 4.95. The van der Waals surface area contributed by atoms with Crippen LogP contribution >= 0.6 is 0 Å². The highest BCUT2D eigenvalue weighted by molar-refractivity contribution is 5.92. The van der Waals surface area contributed by atoms with Crippen molar-refractivity contribution in [1.29, 1.82) is 0 Å². The molecule has 26 heavy (non-hydrogen) atoms. The molecule has 0 saturated heterocycles. The van der Waals surface area contributed by atoms with Crippen LogP contribution in [-0.4, -0.2) is 10.9 Å². The molecule has 0 saturated carbocycles. The van der Waals surface area contributed by atoms with Gasteiger partial charge in [-0.25, -0.2) is 0 Å². The lowest BCUT2D eigenvalue weighted by molar-refractivity contribution is -0.117. The number of amides is 1. The maximum absolute atomic E-state index is 12.2. The summed E-state index contributed by atoms with van der Waals surface area (Å²) in [4.78, 5) is 16.4. The molecule has 0 aliphatic heterocycles. The second-order valence-corrected chi connectivity index (χ2v) is 6.29. The van der Waals surface area contributed by atoms with Crippen LogP contribution in [0.1, 0.15) is 29.7 Å². The maximum atomic E-state index is 12.2. The van der Waals surface area contributed by atoms with Gasteiger partial charge in [0.25, 0.3) is 0 Å². The fourth-order valence-electron chi connectivity index (χ4n) is 2.82. The van der Waals surface area contributed by atoms with Gasteiger partial charge in [-0.3, -0.25) is 9.78 Å². The van der Waals surface area contributed by atoms with Crippen LogP contribution in [0, 0.1) is 6.92 Å². The Bertz CT molecular complexity index is 916. The van der Waals surface area contributed by atoms with Crippen LogP contribution in [0.5, 0.6) is 0 Å². The lowest BCUT2D eigenvalue weighted by Gasteiger charge is -2.15. The highest BCUT2D eigenvalue weighted by Crippen LogP contribution is 2.25. The molecule has 3 nitrogen and oxygen atoms in total. The van der Waals surface area contributed by atoms with Gasteiger partial charge in [-0.2, -0.15) is 0 Å². The van der Waals surface area contributed by atoms with Crippen LogP contribution in [0.4, 0.5) is 0 Å². The third kappa shape index (κ3) is 4.45. The van der Waals surface area contributed by atoms with Crippen LogP contribution in [0.15, 0.2) is 79.1 Å². The van der Waals surface area contributed by atoms with Gasteiger partial charge in [-0.1, -0.05) is 48.5 Å². The Morgan fingerprint density at radius 3 is 2.65 bits per heavy atom. The van der Waals surface area contributed by atoms with E-state index in [1.54, 1.807) is 12.3 Å². The summed E-state index contributed by atoms with van der Waals surface area (Å²) in [5.74, 6) is -0.107. The molecule has 0 radical (unpaired) electrons. The van der Waals surface area contributed by atoms with Crippen molar-refractivity contribution in [3.05, 3.63) is 95.8 Å². The van der Waals surface area contributed by atoms with E-state index >= 15 is 0 Å². The van der Waals surface area contributed by atoms with Crippen LogP contribution < -0.4 is 5.32 Å². The molecule has 3 rings (SSSR count). The quantitative estimate of drug-likeness (QED) is 0.667. The maximum Gasteiger partial charge on any atom is 0.244 e. The molecule has 1 atom stereocenters. The Kier molecular flexibility index (Phi) is 5.59. The van der Waals surface area contributed by atoms with E-state index in [0.29, 0.717) is 0 Å². The van der Waals surface area contributed by atoms with Crippen molar-refractivity contribution < 1.29 is 4.79 Å². The van der Waals surface area contributed by atoms with Gasteiger partial charge in [0.1, 0.15) is 0 Å². The number of carbonyl (C=O) groups excluding carboxylic acids is 1. The van der Waals surface area contributed by atoms with Crippen molar-refractivity contribution in [3.8, 4) is 11.1 Å². The molecule has 0 bridgehead atoms. The zero-order chi connectivity index (χ0) is 18.4. The number of carbonyl (C=O) groups is 1. The molecular formula is C23H22N2O. The Morgan fingerprint density at radius 2 is 1.88 bits per heavy atom. The van der Waals surface area contributed by atoms with Crippen molar-refractivity contribution in [2.24, 2.45) is 0 Å². The molecule has 1 heterocycles. The highest BCUT2D eigenvalue weighted by atomic mass is 16.1. The first-order valence-corrected chi connectivity index (χ1v) is 8.68. The summed E-state index contributed by atoms with van der Waals surface area (Å²) in [6.07, 6.45) is 7.06. The number of nitrogens with zero attached hydrogens (tertiary/aromatic N) is 1. The van der Waals surface area contributed by atoms with Crippen LogP contribution in [0.25, 0.3) is 17.2 Å². The van der Waals surface area contributed by atoms with Crippen molar-refractivity contribution in [1.82, 2.24) is 10.3 Å². The molecule has 1 amide bonds. The number of benzene rings is 2. The summed E-state index contributed by atoms with van der Waals surface area (Å²) in [5.41, 5.74) is 5.46. The standard InChI is InChI=1S/C23H22N2O/c1-17-13-14-24-16-22(17)21-10-6-9-20(15-21)18(2)25-23(26)12-11-19-7-4-3-5-8-19/h3-16,18H,1-2H3,(H,25,26). The van der Waals surface area contributed by atoms with E-state index in [9.17, 15) is 4.79 Å². The molecular weight excluding hydrogens is 320 g/mol. The van der Waals surface area contributed by atoms with E-state index in [0.717, 1.165) is 22.3 Å². The summed E-state index contributed by atoms with van der Waals surface area (Å²) in [5, 5.41) is 3.02. The minimum absolute atomic E-state index is 0.0835. The number of aryl methyl sites for hydroxylation is 1. The van der Waals surface area contributed by atoms with Gasteiger partial charge < -0.3 is 5.32 Å². The monoisotopic (exact) mass is 342 g/mol. The van der Waals surface area contributed by atoms with Crippen LogP contribution in [-0.2, 0) is 4.79 Å². The van der Waals surface area contributed by atoms with Crippen LogP contribution in [0.3, 0.4) is 0 Å². The molecule has 2 aromatic carbocycles. The molecule has 1 unspecified atom stereocenters. The van der Waals surface area contributed by atoms with E-state index in [1.807, 2.05) is 67.7 Å². The van der Waals surface area contributed by atoms with Gasteiger partial charge in [0.05, 0.1) is 6.04 Å². The van der Waals surface area contributed by atoms with E-state index in [-0.39, 0.29) is 11.9 Å². The zero-order valence-electron chi connectivity index (χ0n) is 15.0. The smallest absolute Gasteiger partial charge is 0.244 e. The topological polar surface area (TPSA) is 42.0 Å². The second-order valence-electron chi connectivity index (χ2n) is 6.29. The van der Waals surface area contributed by atoms with E-state index in [1.165, 1.54) is 5.56 Å². The van der Waals surface area contributed by atoms with Crippen molar-refractivity contribution in [2.45, 2.75) is 19.9 Å². The third-order valence-electron chi connectivity index (χ3n) is 4.32. The molecule has 0 fully saturated rings. The van der Waals surface area contributed by atoms with Gasteiger partial charge in [0.2, 0.25) is 5.91 Å². The molecule has 0 aliphatic rings. The molecule has 0 aliphatic carbocycles. The van der Waals surface area contributed by atoms with Gasteiger partial charge in [0, 0.05) is 24.0 Å². The number of rotatable bonds is 5. The largest absolute Gasteiger partial charge is 0.346 e. The van der Waals surface area contributed by atoms with Crippen molar-refractivity contribution in [2.75, 3.05) is 0 Å². The SMILES string of the molecule is Cc1ccncc1-c1cccc(C(C)NC(=O)C=Cc2ccccc2)c1. The van der Waals surface area contributed by atoms with E-state index in [2.05, 4.69) is 29.4 Å². The average Bonchev–Trinajstić information content (AvgIpc) is 2.67. The summed E-state index contributed by atoms with van der Waals surface area (Å²) in [6.45, 7) is 4.06. The first kappa shape index (κ1) is 17.6. The minimum Gasteiger partial charge on any atom is -0.346 e. The molecule has 130 valence electrons. The number of hydrogen-bond acceptors (Lipinski definition) is 2. The molecule has 3 aromatic rings. The highest BCUT2D eigenvalue weighted by Gasteiger charge is 2.09. The summed E-state index contributed by atoms with van der Waals surface area (Å²) in [6, 6.07) is 19.9. The van der Waals surface area contributed by atoms with Crippen LogP contribution in [0.2, 0.25) is 0 Å². The first-order valence-electron chi connectivity index (χ1n) is 8.68. The summed E-state index contributed by atoms with van der Waals surface area (Å²) >= 11 is 0. The Labute approximate surface area is 154 Å². The molecule has 1 N–H and O–H groups in total. The summed E-state index contributed by atoms with van der Waals surface area (Å²) < 4.78 is 0. The Balaban J connectivity index is 1.71.